The lowest BCUT2D eigenvalue weighted by Gasteiger charge is -2.50. The van der Waals surface area contributed by atoms with Crippen LogP contribution < -0.4 is 0 Å². The molecular formula is C20H49N12OP. The van der Waals surface area contributed by atoms with E-state index in [0.717, 1.165) is 23.8 Å². The molecular weight excluding hydrogens is 455 g/mol. The summed E-state index contributed by atoms with van der Waals surface area (Å²) in [6, 6.07) is 0. The average Bonchev–Trinajstić information content (AvgIpc) is 2.69. The Labute approximate surface area is 208 Å². The molecule has 0 spiro atoms. The molecule has 0 radical (unpaired) electrons. The minimum atomic E-state index is -2.72. The van der Waals surface area contributed by atoms with Gasteiger partial charge in [-0.25, -0.2) is 0 Å². The number of nitrogens with zero attached hydrogens (tertiary/aromatic N) is 12. The van der Waals surface area contributed by atoms with Crippen molar-refractivity contribution in [1.29, 1.82) is 0 Å². The van der Waals surface area contributed by atoms with Crippen LogP contribution in [0.1, 0.15) is 0 Å². The lowest BCUT2D eigenvalue weighted by molar-refractivity contribution is 0.409. The van der Waals surface area contributed by atoms with Crippen LogP contribution in [0.2, 0.25) is 0 Å². The fourth-order valence-electron chi connectivity index (χ4n) is 4.22. The Hall–Kier alpha value is -2.53. The summed E-state index contributed by atoms with van der Waals surface area (Å²) in [7, 11) is 28.7. The number of guanidine groups is 4. The van der Waals surface area contributed by atoms with Gasteiger partial charge in [0.25, 0.3) is 0 Å². The second kappa shape index (κ2) is 14.0. The SMILES string of the molecule is C/N=C(\N(C)C)N(C)[P+](N(C)/C(=N/C)N(C)C)(N(C)/C(=N/C)N(C)C)N(C)/C(=N/C)N(C)C.[OH-]. The maximum atomic E-state index is 4.65. The van der Waals surface area contributed by atoms with Gasteiger partial charge in [-0.3, -0.25) is 20.0 Å². The molecule has 0 aliphatic rings. The third kappa shape index (κ3) is 6.32. The number of aliphatic imine (C=N–C) groups is 4. The van der Waals surface area contributed by atoms with Crippen molar-refractivity contribution in [2.45, 2.75) is 0 Å². The Balaban J connectivity index is 0. The molecule has 13 nitrogen and oxygen atoms in total. The van der Waals surface area contributed by atoms with Gasteiger partial charge >= 0.3 is 7.87 Å². The van der Waals surface area contributed by atoms with Crippen LogP contribution in [0.15, 0.2) is 20.0 Å². The molecule has 0 aromatic rings. The Kier molecular flexibility index (Phi) is 13.9. The molecule has 0 heterocycles. The summed E-state index contributed by atoms with van der Waals surface area (Å²) in [6.07, 6.45) is 0. The second-order valence-corrected chi connectivity index (χ2v) is 11.8. The second-order valence-electron chi connectivity index (χ2n) is 8.30. The zero-order valence-corrected chi connectivity index (χ0v) is 25.2. The maximum Gasteiger partial charge on any atom is 0.415 e. The van der Waals surface area contributed by atoms with E-state index in [1.54, 1.807) is 0 Å². The van der Waals surface area contributed by atoms with Crippen molar-refractivity contribution in [3.8, 4) is 0 Å². The van der Waals surface area contributed by atoms with Gasteiger partial charge in [-0.05, 0) is 0 Å². The first-order valence-electron chi connectivity index (χ1n) is 10.6. The van der Waals surface area contributed by atoms with E-state index in [1.807, 2.05) is 104 Å². The minimum Gasteiger partial charge on any atom is -0.870 e. The van der Waals surface area contributed by atoms with Gasteiger partial charge in [0.1, 0.15) is 0 Å². The minimum absolute atomic E-state index is 0. The summed E-state index contributed by atoms with van der Waals surface area (Å²) in [5, 5.41) is 0. The molecule has 0 fully saturated rings. The summed E-state index contributed by atoms with van der Waals surface area (Å²) in [5.74, 6) is 3.25. The highest BCUT2D eigenvalue weighted by atomic mass is 31.2. The van der Waals surface area contributed by atoms with Crippen LogP contribution in [0.3, 0.4) is 0 Å². The molecule has 34 heavy (non-hydrogen) atoms. The van der Waals surface area contributed by atoms with Crippen molar-refractivity contribution in [2.75, 3.05) is 113 Å². The first-order valence-corrected chi connectivity index (χ1v) is 12.2. The molecule has 0 rings (SSSR count). The smallest absolute Gasteiger partial charge is 0.415 e. The van der Waals surface area contributed by atoms with Crippen LogP contribution in [-0.2, 0) is 0 Å². The van der Waals surface area contributed by atoms with E-state index in [1.165, 1.54) is 0 Å². The van der Waals surface area contributed by atoms with Crippen molar-refractivity contribution >= 4 is 31.7 Å². The first kappa shape index (κ1) is 33.6. The van der Waals surface area contributed by atoms with E-state index < -0.39 is 7.87 Å². The third-order valence-corrected chi connectivity index (χ3v) is 9.10. The Morgan fingerprint density at radius 3 is 0.618 bits per heavy atom. The lowest BCUT2D eigenvalue weighted by atomic mass is 10.8. The lowest BCUT2D eigenvalue weighted by Crippen LogP contribution is -2.60. The largest absolute Gasteiger partial charge is 0.870 e. The zero-order valence-electron chi connectivity index (χ0n) is 24.3. The van der Waals surface area contributed by atoms with Gasteiger partial charge < -0.3 is 25.1 Å². The number of hydrogen-bond acceptors (Lipinski definition) is 5. The monoisotopic (exact) mass is 504 g/mol. The standard InChI is InChI=1S/C20H48N12P.H2O/c1-21-17(25(5)6)29(13)33(30(14)18(22-2)26(7)8,31(15)19(23-3)27(9)10)32(16)20(24-4)28(11)12;/h1-16H3;1H2/q+1;/p-1/b21-17+,22-18+,23-19+,24-20+;. The van der Waals surface area contributed by atoms with Crippen LogP contribution in [0.4, 0.5) is 0 Å². The predicted octanol–water partition coefficient (Wildman–Crippen LogP) is 0.404. The summed E-state index contributed by atoms with van der Waals surface area (Å²) in [5.41, 5.74) is 0. The Bertz CT molecular complexity index is 622. The van der Waals surface area contributed by atoms with Crippen LogP contribution in [0.5, 0.6) is 0 Å². The molecule has 0 aliphatic carbocycles. The Morgan fingerprint density at radius 1 is 0.382 bits per heavy atom. The van der Waals surface area contributed by atoms with E-state index in [9.17, 15) is 0 Å². The van der Waals surface area contributed by atoms with E-state index in [-0.39, 0.29) is 5.48 Å². The van der Waals surface area contributed by atoms with Crippen molar-refractivity contribution < 1.29 is 5.48 Å². The van der Waals surface area contributed by atoms with E-state index in [4.69, 9.17) is 0 Å². The molecule has 1 N–H and O–H groups in total. The normalized spacial score (nSPS) is 13.2. The average molecular weight is 505 g/mol. The molecule has 14 heteroatoms. The van der Waals surface area contributed by atoms with E-state index >= 15 is 0 Å². The van der Waals surface area contributed by atoms with Crippen molar-refractivity contribution in [3.05, 3.63) is 0 Å². The zero-order chi connectivity index (χ0) is 26.3. The van der Waals surface area contributed by atoms with Crippen LogP contribution in [0, 0.1) is 0 Å². The molecule has 0 bridgehead atoms. The molecule has 0 amide bonds. The molecule has 0 saturated carbocycles. The highest BCUT2D eigenvalue weighted by molar-refractivity contribution is 7.69. The first-order chi connectivity index (χ1) is 15.2. The van der Waals surface area contributed by atoms with Crippen LogP contribution in [-0.4, -0.2) is 180 Å². The molecule has 200 valence electrons. The van der Waals surface area contributed by atoms with E-state index in [0.29, 0.717) is 0 Å². The van der Waals surface area contributed by atoms with Gasteiger partial charge in [0, 0.05) is 84.6 Å². The maximum absolute atomic E-state index is 4.65. The molecule has 0 aromatic carbocycles. The van der Waals surface area contributed by atoms with Gasteiger partial charge in [0.05, 0.1) is 28.2 Å². The highest BCUT2D eigenvalue weighted by Gasteiger charge is 2.63. The Morgan fingerprint density at radius 2 is 0.529 bits per heavy atom. The summed E-state index contributed by atoms with van der Waals surface area (Å²) in [4.78, 5) is 26.6. The summed E-state index contributed by atoms with van der Waals surface area (Å²) < 4.78 is 8.85. The summed E-state index contributed by atoms with van der Waals surface area (Å²) in [6.45, 7) is 0. The molecule has 0 atom stereocenters. The predicted molar refractivity (Wildman–Crippen MR) is 148 cm³/mol. The molecule has 0 aliphatic heterocycles. The molecule has 0 unspecified atom stereocenters. The number of rotatable bonds is 4. The van der Waals surface area contributed by atoms with Crippen molar-refractivity contribution in [2.24, 2.45) is 20.0 Å². The van der Waals surface area contributed by atoms with Gasteiger partial charge in [-0.1, -0.05) is 0 Å². The van der Waals surface area contributed by atoms with Gasteiger partial charge in [-0.15, -0.1) is 0 Å². The van der Waals surface area contributed by atoms with Crippen molar-refractivity contribution in [3.63, 3.8) is 0 Å². The fraction of sp³-hybridized carbons (Fsp3) is 0.800. The van der Waals surface area contributed by atoms with Gasteiger partial charge in [-0.2, -0.15) is 18.7 Å². The van der Waals surface area contributed by atoms with Crippen molar-refractivity contribution in [1.82, 2.24) is 38.3 Å². The summed E-state index contributed by atoms with van der Waals surface area (Å²) >= 11 is 0. The fourth-order valence-corrected chi connectivity index (χ4v) is 8.67. The third-order valence-electron chi connectivity index (χ3n) is 5.17. The van der Waals surface area contributed by atoms with E-state index in [2.05, 4.69) is 66.8 Å². The quantitative estimate of drug-likeness (QED) is 0.306. The van der Waals surface area contributed by atoms with Crippen LogP contribution in [0.25, 0.3) is 0 Å². The number of hydrogen-bond donors (Lipinski definition) is 0. The van der Waals surface area contributed by atoms with Crippen LogP contribution >= 0.6 is 7.87 Å². The van der Waals surface area contributed by atoms with Gasteiger partial charge in [0.2, 0.25) is 23.8 Å². The highest BCUT2D eigenvalue weighted by Crippen LogP contribution is 2.68. The molecule has 0 aromatic heterocycles. The van der Waals surface area contributed by atoms with Gasteiger partial charge in [0.15, 0.2) is 0 Å². The molecule has 0 saturated heterocycles. The topological polar surface area (TPSA) is 105 Å².